The SMILES string of the molecule is COC(=O)/C(C#N)=C\c1ccc(OC)c([N+](=O)[O-])c1. The summed E-state index contributed by atoms with van der Waals surface area (Å²) in [5, 5.41) is 19.6. The number of nitrogens with zero attached hydrogens (tertiary/aromatic N) is 2. The third-order valence-corrected chi connectivity index (χ3v) is 2.24. The van der Waals surface area contributed by atoms with Crippen LogP contribution >= 0.6 is 0 Å². The van der Waals surface area contributed by atoms with E-state index in [1.165, 1.54) is 31.4 Å². The molecule has 0 atom stereocenters. The molecule has 98 valence electrons. The zero-order valence-electron chi connectivity index (χ0n) is 10.2. The minimum atomic E-state index is -0.805. The van der Waals surface area contributed by atoms with Crippen LogP contribution in [0.2, 0.25) is 0 Å². The third kappa shape index (κ3) is 3.29. The molecular weight excluding hydrogens is 252 g/mol. The summed E-state index contributed by atoms with van der Waals surface area (Å²) in [5.74, 6) is -0.709. The Kier molecular flexibility index (Phi) is 4.60. The summed E-state index contributed by atoms with van der Waals surface area (Å²) in [6.45, 7) is 0. The number of nitro benzene ring substituents is 1. The Morgan fingerprint density at radius 3 is 2.63 bits per heavy atom. The maximum Gasteiger partial charge on any atom is 0.348 e. The second kappa shape index (κ2) is 6.16. The maximum atomic E-state index is 11.2. The Balaban J connectivity index is 3.27. The van der Waals surface area contributed by atoms with Gasteiger partial charge in [-0.05, 0) is 17.7 Å². The highest BCUT2D eigenvalue weighted by Crippen LogP contribution is 2.28. The van der Waals surface area contributed by atoms with E-state index in [2.05, 4.69) is 4.74 Å². The van der Waals surface area contributed by atoms with Crippen molar-refractivity contribution in [2.45, 2.75) is 0 Å². The number of carbonyl (C=O) groups is 1. The lowest BCUT2D eigenvalue weighted by Gasteiger charge is -2.02. The van der Waals surface area contributed by atoms with Crippen molar-refractivity contribution in [3.8, 4) is 11.8 Å². The van der Waals surface area contributed by atoms with Crippen LogP contribution < -0.4 is 4.74 Å². The molecule has 0 radical (unpaired) electrons. The molecule has 0 aliphatic rings. The van der Waals surface area contributed by atoms with Gasteiger partial charge in [0.2, 0.25) is 0 Å². The first-order valence-electron chi connectivity index (χ1n) is 5.06. The van der Waals surface area contributed by atoms with Crippen molar-refractivity contribution in [1.82, 2.24) is 0 Å². The van der Waals surface area contributed by atoms with Crippen molar-refractivity contribution in [2.24, 2.45) is 0 Å². The number of carbonyl (C=O) groups excluding carboxylic acids is 1. The first-order valence-corrected chi connectivity index (χ1v) is 5.06. The van der Waals surface area contributed by atoms with E-state index in [1.54, 1.807) is 6.07 Å². The number of rotatable bonds is 4. The van der Waals surface area contributed by atoms with E-state index in [-0.39, 0.29) is 17.0 Å². The lowest BCUT2D eigenvalue weighted by Crippen LogP contribution is -2.02. The molecule has 7 heteroatoms. The Labute approximate surface area is 108 Å². The van der Waals surface area contributed by atoms with E-state index in [0.717, 1.165) is 7.11 Å². The molecular formula is C12H10N2O5. The lowest BCUT2D eigenvalue weighted by molar-refractivity contribution is -0.385. The molecule has 0 saturated carbocycles. The van der Waals surface area contributed by atoms with Crippen LogP contribution in [0.25, 0.3) is 6.08 Å². The topological polar surface area (TPSA) is 102 Å². The van der Waals surface area contributed by atoms with Gasteiger partial charge in [0.15, 0.2) is 5.75 Å². The maximum absolute atomic E-state index is 11.2. The van der Waals surface area contributed by atoms with Crippen LogP contribution in [0.15, 0.2) is 23.8 Å². The summed E-state index contributed by atoms with van der Waals surface area (Å²) >= 11 is 0. The highest BCUT2D eigenvalue weighted by Gasteiger charge is 2.16. The van der Waals surface area contributed by atoms with E-state index < -0.39 is 10.9 Å². The van der Waals surface area contributed by atoms with E-state index in [4.69, 9.17) is 10.00 Å². The molecule has 0 aliphatic heterocycles. The van der Waals surface area contributed by atoms with Crippen molar-refractivity contribution in [3.05, 3.63) is 39.4 Å². The van der Waals surface area contributed by atoms with E-state index >= 15 is 0 Å². The number of ether oxygens (including phenoxy) is 2. The Morgan fingerprint density at radius 2 is 2.16 bits per heavy atom. The van der Waals surface area contributed by atoms with Crippen LogP contribution in [0.1, 0.15) is 5.56 Å². The van der Waals surface area contributed by atoms with Gasteiger partial charge >= 0.3 is 11.7 Å². The standard InChI is InChI=1S/C12H10N2O5/c1-18-11-4-3-8(6-10(11)14(16)17)5-9(7-13)12(15)19-2/h3-6H,1-2H3/b9-5-. The average Bonchev–Trinajstić information content (AvgIpc) is 2.43. The molecule has 0 bridgehead atoms. The minimum absolute atomic E-state index is 0.0960. The number of methoxy groups -OCH3 is 2. The summed E-state index contributed by atoms with van der Waals surface area (Å²) in [5.41, 5.74) is -0.171. The molecule has 0 amide bonds. The molecule has 0 spiro atoms. The number of nitro groups is 1. The fourth-order valence-corrected chi connectivity index (χ4v) is 1.35. The lowest BCUT2D eigenvalue weighted by atomic mass is 10.1. The Morgan fingerprint density at radius 1 is 1.47 bits per heavy atom. The molecule has 0 aliphatic carbocycles. The minimum Gasteiger partial charge on any atom is -0.490 e. The van der Waals surface area contributed by atoms with Crippen molar-refractivity contribution >= 4 is 17.7 Å². The fraction of sp³-hybridized carbons (Fsp3) is 0.167. The van der Waals surface area contributed by atoms with Crippen LogP contribution in [0.4, 0.5) is 5.69 Å². The monoisotopic (exact) mass is 262 g/mol. The van der Waals surface area contributed by atoms with Crippen molar-refractivity contribution in [2.75, 3.05) is 14.2 Å². The largest absolute Gasteiger partial charge is 0.490 e. The highest BCUT2D eigenvalue weighted by molar-refractivity contribution is 5.97. The molecule has 19 heavy (non-hydrogen) atoms. The summed E-state index contributed by atoms with van der Waals surface area (Å²) in [7, 11) is 2.46. The molecule has 0 aromatic heterocycles. The van der Waals surface area contributed by atoms with Gasteiger partial charge in [-0.15, -0.1) is 0 Å². The van der Waals surface area contributed by atoms with Crippen LogP contribution in [-0.4, -0.2) is 25.1 Å². The van der Waals surface area contributed by atoms with Gasteiger partial charge in [0, 0.05) is 6.07 Å². The van der Waals surface area contributed by atoms with E-state index in [1.807, 2.05) is 0 Å². The van der Waals surface area contributed by atoms with Gasteiger partial charge < -0.3 is 9.47 Å². The molecule has 0 saturated heterocycles. The molecule has 0 unspecified atom stereocenters. The smallest absolute Gasteiger partial charge is 0.348 e. The number of benzene rings is 1. The summed E-state index contributed by atoms with van der Waals surface area (Å²) in [4.78, 5) is 21.4. The summed E-state index contributed by atoms with van der Waals surface area (Å²) in [6.07, 6.45) is 1.21. The zero-order chi connectivity index (χ0) is 14.4. The van der Waals surface area contributed by atoms with Gasteiger partial charge in [0.05, 0.1) is 19.1 Å². The van der Waals surface area contributed by atoms with Gasteiger partial charge in [-0.2, -0.15) is 5.26 Å². The zero-order valence-corrected chi connectivity index (χ0v) is 10.2. The molecule has 0 fully saturated rings. The summed E-state index contributed by atoms with van der Waals surface area (Å²) < 4.78 is 9.25. The molecule has 7 nitrogen and oxygen atoms in total. The number of hydrogen-bond donors (Lipinski definition) is 0. The average molecular weight is 262 g/mol. The Hall–Kier alpha value is -2.88. The second-order valence-corrected chi connectivity index (χ2v) is 3.35. The van der Waals surface area contributed by atoms with Gasteiger partial charge in [-0.3, -0.25) is 10.1 Å². The van der Waals surface area contributed by atoms with Crippen LogP contribution in [0.5, 0.6) is 5.75 Å². The Bertz CT molecular complexity index is 586. The van der Waals surface area contributed by atoms with Crippen LogP contribution in [0, 0.1) is 21.4 Å². The van der Waals surface area contributed by atoms with Crippen LogP contribution in [-0.2, 0) is 9.53 Å². The normalized spacial score (nSPS) is 10.5. The molecule has 1 aromatic carbocycles. The van der Waals surface area contributed by atoms with Crippen LogP contribution in [0.3, 0.4) is 0 Å². The van der Waals surface area contributed by atoms with Gasteiger partial charge in [0.1, 0.15) is 11.6 Å². The number of nitriles is 1. The van der Waals surface area contributed by atoms with Crippen molar-refractivity contribution in [1.29, 1.82) is 5.26 Å². The molecule has 0 heterocycles. The van der Waals surface area contributed by atoms with Gasteiger partial charge in [-0.1, -0.05) is 6.07 Å². The predicted molar refractivity (Wildman–Crippen MR) is 65.3 cm³/mol. The van der Waals surface area contributed by atoms with Gasteiger partial charge in [0.25, 0.3) is 0 Å². The van der Waals surface area contributed by atoms with E-state index in [9.17, 15) is 14.9 Å². The molecule has 1 rings (SSSR count). The van der Waals surface area contributed by atoms with Crippen molar-refractivity contribution < 1.29 is 19.2 Å². The fourth-order valence-electron chi connectivity index (χ4n) is 1.35. The molecule has 1 aromatic rings. The quantitative estimate of drug-likeness (QED) is 0.269. The highest BCUT2D eigenvalue weighted by atomic mass is 16.6. The first kappa shape index (κ1) is 14.2. The van der Waals surface area contributed by atoms with Crippen molar-refractivity contribution in [3.63, 3.8) is 0 Å². The molecule has 0 N–H and O–H groups in total. The van der Waals surface area contributed by atoms with Gasteiger partial charge in [-0.25, -0.2) is 4.79 Å². The van der Waals surface area contributed by atoms with E-state index in [0.29, 0.717) is 5.56 Å². The second-order valence-electron chi connectivity index (χ2n) is 3.35. The summed E-state index contributed by atoms with van der Waals surface area (Å²) in [6, 6.07) is 5.75. The number of esters is 1. The third-order valence-electron chi connectivity index (χ3n) is 2.24. The first-order chi connectivity index (χ1) is 9.03. The predicted octanol–water partition coefficient (Wildman–Crippen LogP) is 1.68. The number of hydrogen-bond acceptors (Lipinski definition) is 6.